The Morgan fingerprint density at radius 1 is 1.08 bits per heavy atom. The predicted octanol–water partition coefficient (Wildman–Crippen LogP) is 3.90. The average Bonchev–Trinajstić information content (AvgIpc) is 2.50. The lowest BCUT2D eigenvalue weighted by molar-refractivity contribution is -0.174. The van der Waals surface area contributed by atoms with Gasteiger partial charge in [0, 0.05) is 17.0 Å². The number of hydrogen-bond acceptors (Lipinski definition) is 3. The first-order chi connectivity index (χ1) is 11.8. The minimum atomic E-state index is -0.425. The Morgan fingerprint density at radius 2 is 1.68 bits per heavy atom. The number of esters is 1. The van der Waals surface area contributed by atoms with Gasteiger partial charge in [0.05, 0.1) is 5.41 Å². The van der Waals surface area contributed by atoms with Gasteiger partial charge in [-0.25, -0.2) is 0 Å². The van der Waals surface area contributed by atoms with Crippen LogP contribution in [0.15, 0.2) is 0 Å². The van der Waals surface area contributed by atoms with Crippen LogP contribution in [0.25, 0.3) is 0 Å². The van der Waals surface area contributed by atoms with E-state index in [0.717, 1.165) is 51.4 Å². The van der Waals surface area contributed by atoms with E-state index in [1.54, 1.807) is 0 Å². The van der Waals surface area contributed by atoms with Crippen LogP contribution in [0.2, 0.25) is 0 Å². The molecule has 5 aliphatic rings. The van der Waals surface area contributed by atoms with Crippen molar-refractivity contribution in [1.82, 2.24) is 4.90 Å². The van der Waals surface area contributed by atoms with Crippen molar-refractivity contribution in [2.45, 2.75) is 88.6 Å². The molecule has 1 aliphatic heterocycles. The number of alkyl halides is 1. The van der Waals surface area contributed by atoms with Gasteiger partial charge >= 0.3 is 5.97 Å². The van der Waals surface area contributed by atoms with Crippen molar-refractivity contribution in [3.05, 3.63) is 0 Å². The van der Waals surface area contributed by atoms with E-state index < -0.39 is 5.41 Å². The first kappa shape index (κ1) is 17.6. The van der Waals surface area contributed by atoms with Crippen LogP contribution in [0.5, 0.6) is 0 Å². The van der Waals surface area contributed by atoms with Gasteiger partial charge in [0.25, 0.3) is 5.91 Å². The predicted molar refractivity (Wildman–Crippen MR) is 96.3 cm³/mol. The number of likely N-dealkylation sites (tertiary alicyclic amines) is 1. The summed E-state index contributed by atoms with van der Waals surface area (Å²) in [5, 5.41) is 0. The van der Waals surface area contributed by atoms with Crippen LogP contribution < -0.4 is 0 Å². The van der Waals surface area contributed by atoms with E-state index in [9.17, 15) is 9.59 Å². The summed E-state index contributed by atoms with van der Waals surface area (Å²) in [7, 11) is 0. The first-order valence-electron chi connectivity index (χ1n) is 9.98. The van der Waals surface area contributed by atoms with Gasteiger partial charge in [-0.1, -0.05) is 0 Å². The fourth-order valence-electron chi connectivity index (χ4n) is 6.66. The Morgan fingerprint density at radius 3 is 2.24 bits per heavy atom. The molecule has 140 valence electrons. The number of piperidine rings is 1. The molecule has 1 heterocycles. The standard InChI is InChI=1S/C20H30ClNO3/c1-13-4-3-5-14(2)22(13)17(23)11-25-18(24)19-7-15-6-16(8-19)10-20(21,9-15)12-19/h13-16H,3-12H2,1-2H3/t13-,14+,15-,16-,19?,20?/m1/s1. The molecule has 4 aliphatic carbocycles. The Bertz CT molecular complexity index is 553. The van der Waals surface area contributed by atoms with Gasteiger partial charge < -0.3 is 9.64 Å². The molecule has 0 N–H and O–H groups in total. The highest BCUT2D eigenvalue weighted by molar-refractivity contribution is 6.24. The number of hydrogen-bond donors (Lipinski definition) is 0. The Kier molecular flexibility index (Phi) is 4.33. The molecule has 5 heteroatoms. The molecule has 4 bridgehead atoms. The van der Waals surface area contributed by atoms with Crippen molar-refractivity contribution in [3.8, 4) is 0 Å². The molecule has 5 fully saturated rings. The molecule has 1 saturated heterocycles. The molecule has 25 heavy (non-hydrogen) atoms. The van der Waals surface area contributed by atoms with Gasteiger partial charge in [-0.15, -0.1) is 11.6 Å². The van der Waals surface area contributed by atoms with Crippen LogP contribution in [-0.2, 0) is 14.3 Å². The number of nitrogens with zero attached hydrogens (tertiary/aromatic N) is 1. The van der Waals surface area contributed by atoms with Gasteiger partial charge in [-0.3, -0.25) is 9.59 Å². The Balaban J connectivity index is 1.40. The van der Waals surface area contributed by atoms with Crippen molar-refractivity contribution in [2.75, 3.05) is 6.61 Å². The van der Waals surface area contributed by atoms with Crippen molar-refractivity contribution in [1.29, 1.82) is 0 Å². The number of halogens is 1. The van der Waals surface area contributed by atoms with Gasteiger partial charge in [-0.05, 0) is 83.5 Å². The van der Waals surface area contributed by atoms with Crippen LogP contribution in [0, 0.1) is 17.3 Å². The second kappa shape index (κ2) is 6.14. The maximum Gasteiger partial charge on any atom is 0.312 e. The monoisotopic (exact) mass is 367 g/mol. The lowest BCUT2D eigenvalue weighted by atomic mass is 9.49. The summed E-state index contributed by atoms with van der Waals surface area (Å²) >= 11 is 6.80. The zero-order valence-electron chi connectivity index (χ0n) is 15.4. The third-order valence-electron chi connectivity index (χ3n) is 7.23. The van der Waals surface area contributed by atoms with Crippen LogP contribution in [0.4, 0.5) is 0 Å². The quantitative estimate of drug-likeness (QED) is 0.561. The normalized spacial score (nSPS) is 45.5. The summed E-state index contributed by atoms with van der Waals surface area (Å²) in [4.78, 5) is 27.3. The molecule has 1 amide bonds. The molecule has 5 rings (SSSR count). The lowest BCUT2D eigenvalue weighted by Crippen LogP contribution is -2.56. The van der Waals surface area contributed by atoms with Crippen LogP contribution in [0.3, 0.4) is 0 Å². The largest absolute Gasteiger partial charge is 0.455 e. The zero-order chi connectivity index (χ0) is 17.8. The third kappa shape index (κ3) is 3.09. The van der Waals surface area contributed by atoms with Crippen molar-refractivity contribution >= 4 is 23.5 Å². The van der Waals surface area contributed by atoms with E-state index in [1.807, 2.05) is 4.90 Å². The zero-order valence-corrected chi connectivity index (χ0v) is 16.2. The lowest BCUT2D eigenvalue weighted by Gasteiger charge is -2.58. The van der Waals surface area contributed by atoms with E-state index >= 15 is 0 Å². The number of ether oxygens (including phenoxy) is 1. The Hall–Kier alpha value is -0.770. The fraction of sp³-hybridized carbons (Fsp3) is 0.900. The second-order valence-corrected chi connectivity index (χ2v) is 10.2. The summed E-state index contributed by atoms with van der Waals surface area (Å²) in [5.74, 6) is 0.906. The maximum atomic E-state index is 12.9. The topological polar surface area (TPSA) is 46.6 Å². The fourth-order valence-corrected chi connectivity index (χ4v) is 7.35. The first-order valence-corrected chi connectivity index (χ1v) is 10.4. The Labute approximate surface area is 155 Å². The number of amides is 1. The third-order valence-corrected chi connectivity index (χ3v) is 7.67. The van der Waals surface area contributed by atoms with Gasteiger partial charge in [0.15, 0.2) is 6.61 Å². The molecule has 0 aromatic carbocycles. The summed E-state index contributed by atoms with van der Waals surface area (Å²) in [6.45, 7) is 4.07. The van der Waals surface area contributed by atoms with Crippen molar-refractivity contribution in [2.24, 2.45) is 17.3 Å². The van der Waals surface area contributed by atoms with Gasteiger partial charge in [0.2, 0.25) is 0 Å². The van der Waals surface area contributed by atoms with E-state index in [-0.39, 0.29) is 35.4 Å². The molecule has 0 aromatic heterocycles. The highest BCUT2D eigenvalue weighted by Crippen LogP contribution is 2.64. The van der Waals surface area contributed by atoms with E-state index in [1.165, 1.54) is 6.42 Å². The molecule has 0 unspecified atom stereocenters. The second-order valence-electron chi connectivity index (χ2n) is 9.40. The van der Waals surface area contributed by atoms with E-state index in [2.05, 4.69) is 13.8 Å². The SMILES string of the molecule is C[C@@H]1CCC[C@H](C)N1C(=O)COC(=O)C12C[C@H]3C[C@@H](CC(Cl)(C3)C1)C2. The summed E-state index contributed by atoms with van der Waals surface area (Å²) in [6, 6.07) is 0.473. The van der Waals surface area contributed by atoms with E-state index in [4.69, 9.17) is 16.3 Å². The molecular formula is C20H30ClNO3. The van der Waals surface area contributed by atoms with Crippen LogP contribution in [-0.4, -0.2) is 40.3 Å². The molecule has 4 saturated carbocycles. The van der Waals surface area contributed by atoms with E-state index in [0.29, 0.717) is 11.8 Å². The highest BCUT2D eigenvalue weighted by Gasteiger charge is 2.60. The number of carbonyl (C=O) groups is 2. The van der Waals surface area contributed by atoms with Crippen LogP contribution >= 0.6 is 11.6 Å². The molecule has 0 spiro atoms. The van der Waals surface area contributed by atoms with Gasteiger partial charge in [-0.2, -0.15) is 0 Å². The van der Waals surface area contributed by atoms with Crippen molar-refractivity contribution < 1.29 is 14.3 Å². The minimum absolute atomic E-state index is 0.0432. The molecule has 0 radical (unpaired) electrons. The van der Waals surface area contributed by atoms with Crippen LogP contribution in [0.1, 0.15) is 71.6 Å². The van der Waals surface area contributed by atoms with Crippen molar-refractivity contribution in [3.63, 3.8) is 0 Å². The summed E-state index contributed by atoms with van der Waals surface area (Å²) in [6.07, 6.45) is 9.07. The maximum absolute atomic E-state index is 12.9. The average molecular weight is 368 g/mol. The summed E-state index contributed by atoms with van der Waals surface area (Å²) in [5.41, 5.74) is -0.425. The minimum Gasteiger partial charge on any atom is -0.455 e. The molecule has 4 nitrogen and oxygen atoms in total. The molecular weight excluding hydrogens is 338 g/mol. The summed E-state index contributed by atoms with van der Waals surface area (Å²) < 4.78 is 5.59. The molecule has 4 atom stereocenters. The molecule has 0 aromatic rings. The highest BCUT2D eigenvalue weighted by atomic mass is 35.5. The number of rotatable bonds is 3. The number of carbonyl (C=O) groups excluding carboxylic acids is 2. The smallest absolute Gasteiger partial charge is 0.312 e. The van der Waals surface area contributed by atoms with Gasteiger partial charge in [0.1, 0.15) is 0 Å².